The highest BCUT2D eigenvalue weighted by atomic mass is 32.2. The number of carboxylic acids is 2. The SMILES string of the molecule is O=C(O)/C=C\C(=O)OC(COCC1CSC(COCC(CSCCC2SCCS2)OC(=O)/C=C\C(=O)O)CS1)CSCCC1SCCS1. The van der Waals surface area contributed by atoms with Crippen LogP contribution in [-0.2, 0) is 38.1 Å². The Bertz CT molecular complexity index is 951. The second-order valence-corrected chi connectivity index (χ2v) is 21.3. The first-order valence-electron chi connectivity index (χ1n) is 15.5. The molecule has 3 fully saturated rings. The van der Waals surface area contributed by atoms with Gasteiger partial charge in [0, 0.05) is 80.8 Å². The van der Waals surface area contributed by atoms with Crippen LogP contribution in [0.5, 0.6) is 0 Å². The van der Waals surface area contributed by atoms with Crippen molar-refractivity contribution in [2.75, 3.05) is 84.0 Å². The van der Waals surface area contributed by atoms with E-state index < -0.39 is 36.1 Å². The average molecular weight is 821 g/mol. The number of ether oxygens (including phenoxy) is 4. The quantitative estimate of drug-likeness (QED) is 0.0747. The fourth-order valence-corrected chi connectivity index (χ4v) is 15.3. The van der Waals surface area contributed by atoms with E-state index in [2.05, 4.69) is 0 Å². The summed E-state index contributed by atoms with van der Waals surface area (Å²) < 4.78 is 24.3. The maximum Gasteiger partial charge on any atom is 0.331 e. The molecule has 0 radical (unpaired) electrons. The minimum atomic E-state index is -1.20. The fourth-order valence-electron chi connectivity index (χ4n) is 4.29. The number of hydrogen-bond donors (Lipinski definition) is 2. The van der Waals surface area contributed by atoms with Crippen LogP contribution in [0.1, 0.15) is 12.8 Å². The van der Waals surface area contributed by atoms with Gasteiger partial charge in [0.2, 0.25) is 0 Å². The van der Waals surface area contributed by atoms with Gasteiger partial charge in [0.1, 0.15) is 12.2 Å². The maximum atomic E-state index is 12.1. The Morgan fingerprint density at radius 3 is 1.38 bits per heavy atom. The van der Waals surface area contributed by atoms with Crippen molar-refractivity contribution in [3.05, 3.63) is 24.3 Å². The highest BCUT2D eigenvalue weighted by Gasteiger charge is 2.25. The summed E-state index contributed by atoms with van der Waals surface area (Å²) >= 11 is 15.0. The van der Waals surface area contributed by atoms with Crippen LogP contribution in [0.3, 0.4) is 0 Å². The summed E-state index contributed by atoms with van der Waals surface area (Å²) in [6.45, 7) is 1.53. The molecule has 0 aromatic rings. The summed E-state index contributed by atoms with van der Waals surface area (Å²) in [6, 6.07) is 0. The molecule has 0 aliphatic carbocycles. The highest BCUT2D eigenvalue weighted by Crippen LogP contribution is 2.36. The zero-order chi connectivity index (χ0) is 34.4. The summed E-state index contributed by atoms with van der Waals surface area (Å²) in [4.78, 5) is 45.8. The van der Waals surface area contributed by atoms with Gasteiger partial charge in [-0.1, -0.05) is 0 Å². The predicted molar refractivity (Wildman–Crippen MR) is 209 cm³/mol. The number of carboxylic acid groups (broad SMARTS) is 2. The van der Waals surface area contributed by atoms with Crippen molar-refractivity contribution < 1.29 is 48.3 Å². The third kappa shape index (κ3) is 20.2. The molecule has 0 bridgehead atoms. The minimum Gasteiger partial charge on any atom is -0.478 e. The third-order valence-electron chi connectivity index (χ3n) is 6.53. The summed E-state index contributed by atoms with van der Waals surface area (Å²) in [5, 5.41) is 18.2. The molecular formula is C30H44O10S8. The lowest BCUT2D eigenvalue weighted by atomic mass is 10.4. The minimum absolute atomic E-state index is 0.249. The summed E-state index contributed by atoms with van der Waals surface area (Å²) in [6.07, 6.45) is 4.67. The molecule has 3 rings (SSSR count). The first-order chi connectivity index (χ1) is 23.3. The number of hydrogen-bond acceptors (Lipinski definition) is 16. The number of rotatable bonds is 24. The lowest BCUT2D eigenvalue weighted by Gasteiger charge is -2.28. The van der Waals surface area contributed by atoms with E-state index in [9.17, 15) is 19.2 Å². The monoisotopic (exact) mass is 820 g/mol. The zero-order valence-corrected chi connectivity index (χ0v) is 33.0. The zero-order valence-electron chi connectivity index (χ0n) is 26.5. The van der Waals surface area contributed by atoms with Gasteiger partial charge in [-0.2, -0.15) is 47.0 Å². The molecule has 272 valence electrons. The van der Waals surface area contributed by atoms with E-state index in [1.807, 2.05) is 70.6 Å². The number of thioether (sulfide) groups is 8. The average Bonchev–Trinajstić information content (AvgIpc) is 3.78. The second kappa shape index (κ2) is 25.9. The van der Waals surface area contributed by atoms with E-state index >= 15 is 0 Å². The van der Waals surface area contributed by atoms with Gasteiger partial charge in [0.15, 0.2) is 0 Å². The first-order valence-corrected chi connectivity index (χ1v) is 24.1. The van der Waals surface area contributed by atoms with Crippen LogP contribution in [0.25, 0.3) is 0 Å². The molecule has 0 amide bonds. The van der Waals surface area contributed by atoms with Crippen LogP contribution >= 0.6 is 94.1 Å². The van der Waals surface area contributed by atoms with Crippen LogP contribution in [0.2, 0.25) is 0 Å². The molecule has 3 aliphatic rings. The molecule has 2 N–H and O–H groups in total. The standard InChI is InChI=1S/C30H44O10S8/c31-25(32)1-3-27(35)39-21(17-41-7-5-29-43-9-10-44-29)13-37-15-23-19-48-24(20-47-23)16-38-14-22(40-28(36)4-2-26(33)34)18-42-8-6-30-45-11-12-46-30/h1-4,21-24,29-30H,5-20H2,(H,31,32)(H,33,34)/b3-1-,4-2-. The first kappa shape index (κ1) is 42.5. The normalized spacial score (nSPS) is 21.9. The number of aliphatic carboxylic acids is 2. The number of esters is 2. The van der Waals surface area contributed by atoms with Crippen molar-refractivity contribution in [3.8, 4) is 0 Å². The molecule has 0 spiro atoms. The molecule has 0 saturated carbocycles. The number of carbonyl (C=O) groups excluding carboxylic acids is 2. The Morgan fingerprint density at radius 2 is 1.02 bits per heavy atom. The topological polar surface area (TPSA) is 146 Å². The molecule has 3 saturated heterocycles. The van der Waals surface area contributed by atoms with E-state index in [0.717, 1.165) is 60.2 Å². The third-order valence-corrected chi connectivity index (χ3v) is 18.3. The van der Waals surface area contributed by atoms with Gasteiger partial charge in [0.05, 0.1) is 35.6 Å². The Balaban J connectivity index is 1.33. The lowest BCUT2D eigenvalue weighted by Crippen LogP contribution is -2.32. The van der Waals surface area contributed by atoms with Crippen molar-refractivity contribution in [2.45, 2.75) is 44.7 Å². The van der Waals surface area contributed by atoms with Gasteiger partial charge >= 0.3 is 23.9 Å². The van der Waals surface area contributed by atoms with Crippen LogP contribution in [0.4, 0.5) is 0 Å². The smallest absolute Gasteiger partial charge is 0.331 e. The Kier molecular flexibility index (Phi) is 23.0. The summed E-state index contributed by atoms with van der Waals surface area (Å²) in [7, 11) is 0. The van der Waals surface area contributed by atoms with E-state index in [0.29, 0.717) is 33.9 Å². The van der Waals surface area contributed by atoms with Crippen molar-refractivity contribution in [3.63, 3.8) is 0 Å². The molecule has 10 nitrogen and oxygen atoms in total. The Labute approximate surface area is 317 Å². The molecule has 0 aromatic heterocycles. The van der Waals surface area contributed by atoms with Crippen molar-refractivity contribution in [1.82, 2.24) is 0 Å². The van der Waals surface area contributed by atoms with E-state index in [1.54, 1.807) is 23.5 Å². The van der Waals surface area contributed by atoms with Crippen molar-refractivity contribution >= 4 is 118 Å². The molecule has 18 heteroatoms. The molecular weight excluding hydrogens is 777 g/mol. The van der Waals surface area contributed by atoms with Crippen LogP contribution in [-0.4, -0.2) is 150 Å². The molecule has 0 aromatic carbocycles. The van der Waals surface area contributed by atoms with Crippen LogP contribution in [0.15, 0.2) is 24.3 Å². The van der Waals surface area contributed by atoms with Gasteiger partial charge in [-0.25, -0.2) is 19.2 Å². The predicted octanol–water partition coefficient (Wildman–Crippen LogP) is 5.20. The van der Waals surface area contributed by atoms with Crippen molar-refractivity contribution in [2.24, 2.45) is 0 Å². The van der Waals surface area contributed by atoms with Gasteiger partial charge in [-0.3, -0.25) is 0 Å². The van der Waals surface area contributed by atoms with Crippen LogP contribution < -0.4 is 0 Å². The van der Waals surface area contributed by atoms with E-state index in [4.69, 9.17) is 29.2 Å². The molecule has 4 atom stereocenters. The fraction of sp³-hybridized carbons (Fsp3) is 0.733. The van der Waals surface area contributed by atoms with Crippen molar-refractivity contribution in [1.29, 1.82) is 0 Å². The highest BCUT2D eigenvalue weighted by molar-refractivity contribution is 8.20. The molecule has 48 heavy (non-hydrogen) atoms. The van der Waals surface area contributed by atoms with Gasteiger partial charge < -0.3 is 29.2 Å². The van der Waals surface area contributed by atoms with Gasteiger partial charge in [-0.15, -0.1) is 47.0 Å². The maximum absolute atomic E-state index is 12.1. The molecule has 4 unspecified atom stereocenters. The lowest BCUT2D eigenvalue weighted by molar-refractivity contribution is -0.145. The Morgan fingerprint density at radius 1 is 0.625 bits per heavy atom. The summed E-state index contributed by atoms with van der Waals surface area (Å²) in [5.74, 6) is 5.86. The molecule has 3 aliphatic heterocycles. The van der Waals surface area contributed by atoms with E-state index in [1.165, 1.54) is 23.0 Å². The van der Waals surface area contributed by atoms with E-state index in [-0.39, 0.29) is 23.7 Å². The molecule has 3 heterocycles. The summed E-state index contributed by atoms with van der Waals surface area (Å²) in [5.41, 5.74) is 0. The largest absolute Gasteiger partial charge is 0.478 e. The van der Waals surface area contributed by atoms with Gasteiger partial charge in [0.25, 0.3) is 0 Å². The number of carbonyl (C=O) groups is 4. The second-order valence-electron chi connectivity index (χ2n) is 10.5. The van der Waals surface area contributed by atoms with Crippen LogP contribution in [0, 0.1) is 0 Å². The Hall–Kier alpha value is 0.0800. The van der Waals surface area contributed by atoms with Gasteiger partial charge in [-0.05, 0) is 24.3 Å².